The van der Waals surface area contributed by atoms with Crippen LogP contribution in [0.25, 0.3) is 6.08 Å². The van der Waals surface area contributed by atoms with Crippen molar-refractivity contribution in [2.75, 3.05) is 12.1 Å². The van der Waals surface area contributed by atoms with Gasteiger partial charge in [-0.1, -0.05) is 29.3 Å². The number of nitrogens with one attached hydrogen (secondary N) is 1. The van der Waals surface area contributed by atoms with E-state index in [1.807, 2.05) is 13.0 Å². The Labute approximate surface area is 154 Å². The van der Waals surface area contributed by atoms with Crippen molar-refractivity contribution >= 4 is 40.9 Å². The predicted molar refractivity (Wildman–Crippen MR) is 96.0 cm³/mol. The van der Waals surface area contributed by atoms with E-state index in [-0.39, 0.29) is 12.4 Å². The molecule has 1 N–H and O–H groups in total. The fraction of sp³-hybridized carbons (Fsp3) is 0.111. The Morgan fingerprint density at radius 3 is 2.60 bits per heavy atom. The van der Waals surface area contributed by atoms with Crippen LogP contribution in [0.4, 0.5) is 5.69 Å². The lowest BCUT2D eigenvalue weighted by Gasteiger charge is -2.07. The quantitative estimate of drug-likeness (QED) is 0.630. The zero-order valence-corrected chi connectivity index (χ0v) is 14.6. The van der Waals surface area contributed by atoms with Crippen molar-refractivity contribution in [3.05, 3.63) is 57.1 Å². The first-order chi connectivity index (χ1) is 12.0. The van der Waals surface area contributed by atoms with Crippen LogP contribution in [0, 0.1) is 18.3 Å². The molecule has 0 fully saturated rings. The lowest BCUT2D eigenvalue weighted by atomic mass is 10.1. The third-order valence-electron chi connectivity index (χ3n) is 3.59. The number of benzene rings is 2. The van der Waals surface area contributed by atoms with Gasteiger partial charge in [-0.2, -0.15) is 5.26 Å². The van der Waals surface area contributed by atoms with Crippen LogP contribution in [0.15, 0.2) is 35.9 Å². The van der Waals surface area contributed by atoms with Gasteiger partial charge in [0.25, 0.3) is 5.91 Å². The number of fused-ring (bicyclic) bond motifs is 1. The largest absolute Gasteiger partial charge is 0.454 e. The molecule has 0 aromatic heterocycles. The van der Waals surface area contributed by atoms with Gasteiger partial charge in [0.05, 0.1) is 5.02 Å². The molecule has 0 radical (unpaired) electrons. The van der Waals surface area contributed by atoms with Crippen molar-refractivity contribution in [3.8, 4) is 17.6 Å². The molecule has 1 heterocycles. The number of halogens is 2. The van der Waals surface area contributed by atoms with E-state index in [0.717, 1.165) is 5.56 Å². The maximum absolute atomic E-state index is 12.3. The minimum Gasteiger partial charge on any atom is -0.454 e. The molecule has 7 heteroatoms. The molecule has 0 atom stereocenters. The molecule has 5 nitrogen and oxygen atoms in total. The normalized spacial score (nSPS) is 12.6. The molecule has 1 aliphatic rings. The Morgan fingerprint density at radius 2 is 1.92 bits per heavy atom. The lowest BCUT2D eigenvalue weighted by molar-refractivity contribution is -0.112. The smallest absolute Gasteiger partial charge is 0.266 e. The Kier molecular flexibility index (Phi) is 4.84. The molecule has 0 spiro atoms. The van der Waals surface area contributed by atoms with E-state index >= 15 is 0 Å². The number of hydrogen-bond donors (Lipinski definition) is 1. The third kappa shape index (κ3) is 3.71. The molecule has 25 heavy (non-hydrogen) atoms. The van der Waals surface area contributed by atoms with Gasteiger partial charge in [-0.25, -0.2) is 0 Å². The number of ether oxygens (including phenoxy) is 2. The van der Waals surface area contributed by atoms with Gasteiger partial charge in [0.15, 0.2) is 11.5 Å². The van der Waals surface area contributed by atoms with E-state index < -0.39 is 5.91 Å². The standard InChI is InChI=1S/C18H12Cl2N2O3/c1-10-2-3-13(6-14(10)19)22-18(23)12(8-21)4-11-5-16-17(7-15(11)20)25-9-24-16/h2-7H,9H2,1H3,(H,22,23)/b12-4+. The number of amides is 1. The molecule has 0 aliphatic carbocycles. The van der Waals surface area contributed by atoms with Crippen LogP contribution in [0.3, 0.4) is 0 Å². The highest BCUT2D eigenvalue weighted by molar-refractivity contribution is 6.32. The molecule has 2 aromatic rings. The predicted octanol–water partition coefficient (Wildman–Crippen LogP) is 4.58. The van der Waals surface area contributed by atoms with Crippen molar-refractivity contribution in [1.29, 1.82) is 5.26 Å². The fourth-order valence-corrected chi connectivity index (χ4v) is 2.61. The minimum atomic E-state index is -0.559. The van der Waals surface area contributed by atoms with Crippen LogP contribution in [-0.4, -0.2) is 12.7 Å². The van der Waals surface area contributed by atoms with E-state index in [9.17, 15) is 10.1 Å². The third-order valence-corrected chi connectivity index (χ3v) is 4.32. The van der Waals surface area contributed by atoms with Crippen LogP contribution in [0.5, 0.6) is 11.5 Å². The highest BCUT2D eigenvalue weighted by atomic mass is 35.5. The van der Waals surface area contributed by atoms with Gasteiger partial charge in [-0.15, -0.1) is 0 Å². The van der Waals surface area contributed by atoms with Crippen molar-refractivity contribution < 1.29 is 14.3 Å². The Bertz CT molecular complexity index is 933. The van der Waals surface area contributed by atoms with E-state index in [0.29, 0.717) is 32.8 Å². The van der Waals surface area contributed by atoms with Gasteiger partial charge in [-0.3, -0.25) is 4.79 Å². The summed E-state index contributed by atoms with van der Waals surface area (Å²) in [5.41, 5.74) is 1.78. The summed E-state index contributed by atoms with van der Waals surface area (Å²) < 4.78 is 10.5. The number of carbonyl (C=O) groups is 1. The number of anilines is 1. The summed E-state index contributed by atoms with van der Waals surface area (Å²) in [6.45, 7) is 1.97. The van der Waals surface area contributed by atoms with Crippen LogP contribution >= 0.6 is 23.2 Å². The first kappa shape index (κ1) is 17.2. The van der Waals surface area contributed by atoms with E-state index in [1.54, 1.807) is 30.3 Å². The first-order valence-corrected chi connectivity index (χ1v) is 8.02. The number of nitrogens with zero attached hydrogens (tertiary/aromatic N) is 1. The van der Waals surface area contributed by atoms with Gasteiger partial charge in [0.2, 0.25) is 6.79 Å². The maximum atomic E-state index is 12.3. The van der Waals surface area contributed by atoms with Gasteiger partial charge in [0, 0.05) is 16.8 Å². The lowest BCUT2D eigenvalue weighted by Crippen LogP contribution is -2.13. The SMILES string of the molecule is Cc1ccc(NC(=O)/C(C#N)=C/c2cc3c(cc2Cl)OCO3)cc1Cl. The fourth-order valence-electron chi connectivity index (χ4n) is 2.22. The van der Waals surface area contributed by atoms with Gasteiger partial charge < -0.3 is 14.8 Å². The molecule has 0 saturated carbocycles. The highest BCUT2D eigenvalue weighted by Crippen LogP contribution is 2.37. The zero-order chi connectivity index (χ0) is 18.0. The van der Waals surface area contributed by atoms with Crippen LogP contribution < -0.4 is 14.8 Å². The minimum absolute atomic E-state index is 0.0996. The second-order valence-electron chi connectivity index (χ2n) is 5.31. The molecular formula is C18H12Cl2N2O3. The monoisotopic (exact) mass is 374 g/mol. The summed E-state index contributed by atoms with van der Waals surface area (Å²) in [6, 6.07) is 10.2. The van der Waals surface area contributed by atoms with Gasteiger partial charge >= 0.3 is 0 Å². The average molecular weight is 375 g/mol. The summed E-state index contributed by atoms with van der Waals surface area (Å²) in [5.74, 6) is 0.481. The van der Waals surface area contributed by atoms with Crippen LogP contribution in [0.1, 0.15) is 11.1 Å². The van der Waals surface area contributed by atoms with Crippen LogP contribution in [0.2, 0.25) is 10.0 Å². The molecule has 0 bridgehead atoms. The molecular weight excluding hydrogens is 363 g/mol. The van der Waals surface area contributed by atoms with Crippen molar-refractivity contribution in [2.45, 2.75) is 6.92 Å². The van der Waals surface area contributed by atoms with Gasteiger partial charge in [0.1, 0.15) is 11.6 Å². The molecule has 1 amide bonds. The number of rotatable bonds is 3. The zero-order valence-electron chi connectivity index (χ0n) is 13.1. The Hall–Kier alpha value is -2.68. The molecule has 1 aliphatic heterocycles. The Morgan fingerprint density at radius 1 is 1.20 bits per heavy atom. The summed E-state index contributed by atoms with van der Waals surface area (Å²) >= 11 is 12.2. The summed E-state index contributed by atoms with van der Waals surface area (Å²) in [6.07, 6.45) is 1.40. The van der Waals surface area contributed by atoms with E-state index in [4.69, 9.17) is 32.7 Å². The summed E-state index contributed by atoms with van der Waals surface area (Å²) in [5, 5.41) is 12.8. The first-order valence-electron chi connectivity index (χ1n) is 7.26. The van der Waals surface area contributed by atoms with Gasteiger partial charge in [-0.05, 0) is 42.3 Å². The maximum Gasteiger partial charge on any atom is 0.266 e. The molecule has 2 aromatic carbocycles. The second kappa shape index (κ2) is 7.06. The van der Waals surface area contributed by atoms with E-state index in [1.165, 1.54) is 6.08 Å². The highest BCUT2D eigenvalue weighted by Gasteiger charge is 2.17. The molecule has 0 saturated heterocycles. The van der Waals surface area contributed by atoms with Crippen molar-refractivity contribution in [2.24, 2.45) is 0 Å². The Balaban J connectivity index is 1.86. The van der Waals surface area contributed by atoms with Crippen LogP contribution in [-0.2, 0) is 4.79 Å². The average Bonchev–Trinajstić information content (AvgIpc) is 3.02. The van der Waals surface area contributed by atoms with Crippen molar-refractivity contribution in [3.63, 3.8) is 0 Å². The topological polar surface area (TPSA) is 71.4 Å². The molecule has 0 unspecified atom stereocenters. The number of nitriles is 1. The number of carbonyl (C=O) groups excluding carboxylic acids is 1. The summed E-state index contributed by atoms with van der Waals surface area (Å²) in [4.78, 5) is 12.3. The molecule has 3 rings (SSSR count). The second-order valence-corrected chi connectivity index (χ2v) is 6.13. The van der Waals surface area contributed by atoms with E-state index in [2.05, 4.69) is 5.32 Å². The molecule has 126 valence electrons. The number of hydrogen-bond acceptors (Lipinski definition) is 4. The summed E-state index contributed by atoms with van der Waals surface area (Å²) in [7, 11) is 0. The number of aryl methyl sites for hydroxylation is 1. The van der Waals surface area contributed by atoms with Crippen molar-refractivity contribution in [1.82, 2.24) is 0 Å².